The second-order valence-corrected chi connectivity index (χ2v) is 5.05. The highest BCUT2D eigenvalue weighted by Gasteiger charge is 2.25. The second-order valence-electron chi connectivity index (χ2n) is 4.27. The molecule has 0 aromatic carbocycles. The van der Waals surface area contributed by atoms with E-state index in [-0.39, 0.29) is 0 Å². The zero-order valence-electron chi connectivity index (χ0n) is 8.83. The first-order chi connectivity index (χ1) is 6.92. The van der Waals surface area contributed by atoms with E-state index in [1.807, 2.05) is 11.3 Å². The van der Waals surface area contributed by atoms with E-state index in [2.05, 4.69) is 29.2 Å². The lowest BCUT2D eigenvalue weighted by atomic mass is 9.76. The molecule has 1 aliphatic rings. The van der Waals surface area contributed by atoms with Crippen molar-refractivity contribution in [1.82, 2.24) is 5.32 Å². The molecule has 2 heteroatoms. The number of hydrogen-bond donors (Lipinski definition) is 1. The summed E-state index contributed by atoms with van der Waals surface area (Å²) in [4.78, 5) is 0. The lowest BCUT2D eigenvalue weighted by molar-refractivity contribution is 0.301. The Kier molecular flexibility index (Phi) is 3.60. The van der Waals surface area contributed by atoms with Crippen molar-refractivity contribution in [2.75, 3.05) is 13.6 Å². The summed E-state index contributed by atoms with van der Waals surface area (Å²) >= 11 is 1.83. The Balaban J connectivity index is 2.06. The van der Waals surface area contributed by atoms with Gasteiger partial charge in [-0.2, -0.15) is 11.3 Å². The first-order valence-corrected chi connectivity index (χ1v) is 6.53. The van der Waals surface area contributed by atoms with E-state index in [1.165, 1.54) is 32.2 Å². The van der Waals surface area contributed by atoms with Crippen molar-refractivity contribution in [3.63, 3.8) is 0 Å². The molecule has 0 radical (unpaired) electrons. The average Bonchev–Trinajstić information content (AvgIpc) is 2.72. The van der Waals surface area contributed by atoms with Crippen LogP contribution < -0.4 is 5.32 Å². The molecule has 2 atom stereocenters. The van der Waals surface area contributed by atoms with Gasteiger partial charge < -0.3 is 5.32 Å². The van der Waals surface area contributed by atoms with Crippen LogP contribution in [0.5, 0.6) is 0 Å². The molecule has 14 heavy (non-hydrogen) atoms. The summed E-state index contributed by atoms with van der Waals surface area (Å²) in [6, 6.07) is 2.31. The minimum atomic E-state index is 0.822. The van der Waals surface area contributed by atoms with E-state index in [1.54, 1.807) is 5.56 Å². The molecule has 1 saturated carbocycles. The third-order valence-electron chi connectivity index (χ3n) is 3.35. The monoisotopic (exact) mass is 209 g/mol. The Bertz CT molecular complexity index is 253. The molecule has 2 rings (SSSR count). The van der Waals surface area contributed by atoms with Gasteiger partial charge in [0.1, 0.15) is 0 Å². The minimum Gasteiger partial charge on any atom is -0.319 e. The molecule has 1 aromatic heterocycles. The first-order valence-electron chi connectivity index (χ1n) is 5.58. The molecule has 2 unspecified atom stereocenters. The Morgan fingerprint density at radius 2 is 2.29 bits per heavy atom. The van der Waals surface area contributed by atoms with Crippen LogP contribution in [0.3, 0.4) is 0 Å². The highest BCUT2D eigenvalue weighted by Crippen LogP contribution is 2.38. The predicted molar refractivity (Wildman–Crippen MR) is 62.9 cm³/mol. The Morgan fingerprint density at radius 3 is 3.00 bits per heavy atom. The van der Waals surface area contributed by atoms with Gasteiger partial charge in [0.25, 0.3) is 0 Å². The highest BCUT2D eigenvalue weighted by molar-refractivity contribution is 7.07. The summed E-state index contributed by atoms with van der Waals surface area (Å²) in [6.45, 7) is 1.18. The van der Waals surface area contributed by atoms with Crippen molar-refractivity contribution in [3.8, 4) is 0 Å². The van der Waals surface area contributed by atoms with Crippen molar-refractivity contribution in [2.24, 2.45) is 5.92 Å². The number of nitrogens with one attached hydrogen (secondary N) is 1. The molecule has 0 bridgehead atoms. The van der Waals surface area contributed by atoms with Crippen LogP contribution in [0.2, 0.25) is 0 Å². The third kappa shape index (κ3) is 2.18. The van der Waals surface area contributed by atoms with Gasteiger partial charge in [-0.15, -0.1) is 0 Å². The van der Waals surface area contributed by atoms with Crippen LogP contribution in [0.4, 0.5) is 0 Å². The number of rotatable bonds is 3. The Morgan fingerprint density at radius 1 is 1.43 bits per heavy atom. The minimum absolute atomic E-state index is 0.822. The normalized spacial score (nSPS) is 27.8. The van der Waals surface area contributed by atoms with Gasteiger partial charge in [0, 0.05) is 0 Å². The van der Waals surface area contributed by atoms with Crippen LogP contribution in [0.15, 0.2) is 16.8 Å². The van der Waals surface area contributed by atoms with Crippen molar-refractivity contribution in [1.29, 1.82) is 0 Å². The van der Waals surface area contributed by atoms with Crippen molar-refractivity contribution < 1.29 is 0 Å². The fraction of sp³-hybridized carbons (Fsp3) is 0.667. The topological polar surface area (TPSA) is 12.0 Å². The maximum Gasteiger partial charge on any atom is -0.00177 e. The molecule has 1 N–H and O–H groups in total. The summed E-state index contributed by atoms with van der Waals surface area (Å²) in [5.41, 5.74) is 1.58. The van der Waals surface area contributed by atoms with Crippen LogP contribution >= 0.6 is 11.3 Å². The zero-order chi connectivity index (χ0) is 9.80. The molecular weight excluding hydrogens is 190 g/mol. The largest absolute Gasteiger partial charge is 0.319 e. The fourth-order valence-electron chi connectivity index (χ4n) is 2.64. The van der Waals surface area contributed by atoms with Gasteiger partial charge in [-0.1, -0.05) is 12.8 Å². The summed E-state index contributed by atoms with van der Waals surface area (Å²) in [5.74, 6) is 1.69. The van der Waals surface area contributed by atoms with Gasteiger partial charge in [0.2, 0.25) is 0 Å². The van der Waals surface area contributed by atoms with Gasteiger partial charge in [0.15, 0.2) is 0 Å². The number of thiophene rings is 1. The molecule has 0 saturated heterocycles. The molecule has 1 aromatic rings. The molecule has 1 fully saturated rings. The van der Waals surface area contributed by atoms with Crippen LogP contribution in [0.25, 0.3) is 0 Å². The molecule has 0 spiro atoms. The van der Waals surface area contributed by atoms with E-state index in [4.69, 9.17) is 0 Å². The highest BCUT2D eigenvalue weighted by atomic mass is 32.1. The van der Waals surface area contributed by atoms with E-state index in [0.717, 1.165) is 11.8 Å². The standard InChI is InChI=1S/C12H19NS/c1-13-8-10-4-2-3-5-12(10)11-6-7-14-9-11/h6-7,9-10,12-13H,2-5,8H2,1H3. The molecular formula is C12H19NS. The summed E-state index contributed by atoms with van der Waals surface area (Å²) in [5, 5.41) is 7.87. The molecule has 0 amide bonds. The van der Waals surface area contributed by atoms with Gasteiger partial charge >= 0.3 is 0 Å². The van der Waals surface area contributed by atoms with Crippen LogP contribution in [0.1, 0.15) is 37.2 Å². The summed E-state index contributed by atoms with van der Waals surface area (Å²) in [6.07, 6.45) is 5.64. The third-order valence-corrected chi connectivity index (χ3v) is 4.05. The van der Waals surface area contributed by atoms with Crippen LogP contribution in [-0.2, 0) is 0 Å². The van der Waals surface area contributed by atoms with E-state index < -0.39 is 0 Å². The maximum absolute atomic E-state index is 3.33. The van der Waals surface area contributed by atoms with Gasteiger partial charge in [-0.05, 0) is 60.7 Å². The molecule has 0 aliphatic heterocycles. The second kappa shape index (κ2) is 4.94. The molecule has 1 heterocycles. The quantitative estimate of drug-likeness (QED) is 0.806. The average molecular weight is 209 g/mol. The summed E-state index contributed by atoms with van der Waals surface area (Å²) < 4.78 is 0. The van der Waals surface area contributed by atoms with Gasteiger partial charge in [-0.25, -0.2) is 0 Å². The molecule has 1 aliphatic carbocycles. The Hall–Kier alpha value is -0.340. The van der Waals surface area contributed by atoms with Crippen molar-refractivity contribution in [3.05, 3.63) is 22.4 Å². The van der Waals surface area contributed by atoms with E-state index >= 15 is 0 Å². The van der Waals surface area contributed by atoms with Crippen molar-refractivity contribution >= 4 is 11.3 Å². The van der Waals surface area contributed by atoms with Crippen LogP contribution in [-0.4, -0.2) is 13.6 Å². The summed E-state index contributed by atoms with van der Waals surface area (Å²) in [7, 11) is 2.07. The van der Waals surface area contributed by atoms with E-state index in [0.29, 0.717) is 0 Å². The lowest BCUT2D eigenvalue weighted by Gasteiger charge is -2.31. The maximum atomic E-state index is 3.33. The van der Waals surface area contributed by atoms with Gasteiger partial charge in [0.05, 0.1) is 0 Å². The SMILES string of the molecule is CNCC1CCCCC1c1ccsc1. The van der Waals surface area contributed by atoms with Crippen molar-refractivity contribution in [2.45, 2.75) is 31.6 Å². The predicted octanol–water partition coefficient (Wildman–Crippen LogP) is 3.24. The fourth-order valence-corrected chi connectivity index (χ4v) is 3.36. The molecule has 78 valence electrons. The zero-order valence-corrected chi connectivity index (χ0v) is 9.65. The van der Waals surface area contributed by atoms with E-state index in [9.17, 15) is 0 Å². The first kappa shape index (κ1) is 10.2. The van der Waals surface area contributed by atoms with Gasteiger partial charge in [-0.3, -0.25) is 0 Å². The van der Waals surface area contributed by atoms with Crippen LogP contribution in [0, 0.1) is 5.92 Å². The molecule has 1 nitrogen and oxygen atoms in total. The Labute approximate surface area is 90.5 Å². The lowest BCUT2D eigenvalue weighted by Crippen LogP contribution is -2.27. The number of hydrogen-bond acceptors (Lipinski definition) is 2. The smallest absolute Gasteiger partial charge is 0.00177 e.